The third-order valence-electron chi connectivity index (χ3n) is 5.90. The summed E-state index contributed by atoms with van der Waals surface area (Å²) in [5.74, 6) is -0.330. The Labute approximate surface area is 212 Å². The van der Waals surface area contributed by atoms with E-state index in [0.717, 1.165) is 31.6 Å². The molecule has 5 aromatic rings. The predicted octanol–water partition coefficient (Wildman–Crippen LogP) is 6.70. The van der Waals surface area contributed by atoms with Crippen LogP contribution in [0.4, 0.5) is 5.69 Å². The lowest BCUT2D eigenvalue weighted by Gasteiger charge is -2.17. The third-order valence-corrected chi connectivity index (χ3v) is 6.97. The number of hydrogen-bond donors (Lipinski definition) is 1. The van der Waals surface area contributed by atoms with Gasteiger partial charge in [0, 0.05) is 22.7 Å². The number of ether oxygens (including phenoxy) is 2. The van der Waals surface area contributed by atoms with Gasteiger partial charge in [0.15, 0.2) is 6.10 Å². The van der Waals surface area contributed by atoms with Crippen LogP contribution in [0.2, 0.25) is 0 Å². The van der Waals surface area contributed by atoms with Crippen molar-refractivity contribution in [3.63, 3.8) is 0 Å². The van der Waals surface area contributed by atoms with Crippen molar-refractivity contribution >= 4 is 49.9 Å². The zero-order valence-electron chi connectivity index (χ0n) is 19.9. The maximum absolute atomic E-state index is 13.4. The number of thiazole rings is 1. The van der Waals surface area contributed by atoms with Crippen LogP contribution in [-0.2, 0) is 9.53 Å². The first kappa shape index (κ1) is 23.5. The molecule has 1 aromatic heterocycles. The van der Waals surface area contributed by atoms with E-state index in [1.807, 2.05) is 54.6 Å². The average Bonchev–Trinajstić information content (AvgIpc) is 3.35. The molecular formula is C29H24N2O4S. The lowest BCUT2D eigenvalue weighted by Crippen LogP contribution is -2.32. The normalized spacial score (nSPS) is 11.8. The van der Waals surface area contributed by atoms with E-state index in [0.29, 0.717) is 23.4 Å². The van der Waals surface area contributed by atoms with Crippen molar-refractivity contribution in [1.29, 1.82) is 0 Å². The first-order valence-corrected chi connectivity index (χ1v) is 12.4. The smallest absolute Gasteiger partial charge is 0.339 e. The van der Waals surface area contributed by atoms with Gasteiger partial charge in [0.25, 0.3) is 5.91 Å². The number of esters is 1. The Morgan fingerprint density at radius 1 is 0.972 bits per heavy atom. The molecule has 1 unspecified atom stereocenters. The highest BCUT2D eigenvalue weighted by atomic mass is 32.1. The van der Waals surface area contributed by atoms with Crippen LogP contribution in [0.25, 0.3) is 31.6 Å². The largest absolute Gasteiger partial charge is 0.497 e. The van der Waals surface area contributed by atoms with Gasteiger partial charge < -0.3 is 14.8 Å². The Hall–Kier alpha value is -4.23. The van der Waals surface area contributed by atoms with E-state index < -0.39 is 18.0 Å². The topological polar surface area (TPSA) is 77.5 Å². The van der Waals surface area contributed by atoms with Gasteiger partial charge in [0.05, 0.1) is 22.9 Å². The number of methoxy groups -OCH3 is 1. The number of fused-ring (bicyclic) bond motifs is 2. The van der Waals surface area contributed by atoms with Gasteiger partial charge >= 0.3 is 5.97 Å². The van der Waals surface area contributed by atoms with Crippen molar-refractivity contribution in [2.24, 2.45) is 0 Å². The summed E-state index contributed by atoms with van der Waals surface area (Å²) >= 11 is 1.58. The number of nitrogens with one attached hydrogen (secondary N) is 1. The summed E-state index contributed by atoms with van der Waals surface area (Å²) in [7, 11) is 1.56. The summed E-state index contributed by atoms with van der Waals surface area (Å²) in [5.41, 5.74) is 2.73. The molecule has 1 N–H and O–H groups in total. The first-order valence-electron chi connectivity index (χ1n) is 11.6. The molecule has 4 aromatic carbocycles. The van der Waals surface area contributed by atoms with Crippen LogP contribution in [0, 0.1) is 0 Å². The van der Waals surface area contributed by atoms with E-state index in [2.05, 4.69) is 5.32 Å². The molecule has 7 heteroatoms. The van der Waals surface area contributed by atoms with E-state index >= 15 is 0 Å². The van der Waals surface area contributed by atoms with Crippen molar-refractivity contribution in [2.45, 2.75) is 19.4 Å². The minimum atomic E-state index is -0.950. The number of carbonyl (C=O) groups excluding carboxylic acids is 2. The number of rotatable bonds is 7. The Balaban J connectivity index is 1.46. The zero-order valence-corrected chi connectivity index (χ0v) is 20.7. The minimum absolute atomic E-state index is 0.330. The number of hydrogen-bond acceptors (Lipinski definition) is 6. The fraction of sp³-hybridized carbons (Fsp3) is 0.138. The summed E-state index contributed by atoms with van der Waals surface area (Å²) < 4.78 is 12.0. The van der Waals surface area contributed by atoms with E-state index in [9.17, 15) is 9.59 Å². The number of para-hydroxylation sites is 1. The van der Waals surface area contributed by atoms with Crippen molar-refractivity contribution in [1.82, 2.24) is 4.98 Å². The highest BCUT2D eigenvalue weighted by Crippen LogP contribution is 2.36. The van der Waals surface area contributed by atoms with Gasteiger partial charge in [-0.25, -0.2) is 9.78 Å². The monoisotopic (exact) mass is 496 g/mol. The first-order chi connectivity index (χ1) is 17.6. The molecule has 36 heavy (non-hydrogen) atoms. The van der Waals surface area contributed by atoms with Gasteiger partial charge in [-0.15, -0.1) is 11.3 Å². The zero-order chi connectivity index (χ0) is 25.1. The second-order valence-electron chi connectivity index (χ2n) is 8.22. The number of benzene rings is 4. The number of nitrogens with zero attached hydrogens (tertiary/aromatic N) is 1. The molecule has 5 rings (SSSR count). The lowest BCUT2D eigenvalue weighted by atomic mass is 9.99. The Morgan fingerprint density at radius 2 is 1.75 bits per heavy atom. The number of amides is 1. The Kier molecular flexibility index (Phi) is 6.64. The van der Waals surface area contributed by atoms with Crippen LogP contribution in [0.15, 0.2) is 84.9 Å². The molecular weight excluding hydrogens is 472 g/mol. The number of aromatic nitrogens is 1. The van der Waals surface area contributed by atoms with Gasteiger partial charge in [-0.3, -0.25) is 4.79 Å². The van der Waals surface area contributed by atoms with Gasteiger partial charge in [0.2, 0.25) is 0 Å². The molecule has 1 heterocycles. The van der Waals surface area contributed by atoms with Crippen LogP contribution in [0.5, 0.6) is 5.75 Å². The quantitative estimate of drug-likeness (QED) is 0.254. The molecule has 6 nitrogen and oxygen atoms in total. The average molecular weight is 497 g/mol. The molecule has 0 radical (unpaired) electrons. The number of anilines is 1. The van der Waals surface area contributed by atoms with E-state index in [1.165, 1.54) is 0 Å². The molecule has 180 valence electrons. The fourth-order valence-electron chi connectivity index (χ4n) is 4.12. The maximum Gasteiger partial charge on any atom is 0.339 e. The lowest BCUT2D eigenvalue weighted by molar-refractivity contribution is -0.124. The van der Waals surface area contributed by atoms with Gasteiger partial charge in [-0.1, -0.05) is 55.5 Å². The van der Waals surface area contributed by atoms with Crippen molar-refractivity contribution in [2.75, 3.05) is 12.4 Å². The summed E-state index contributed by atoms with van der Waals surface area (Å²) in [6, 6.07) is 26.3. The van der Waals surface area contributed by atoms with Gasteiger partial charge in [-0.05, 0) is 42.1 Å². The van der Waals surface area contributed by atoms with Crippen LogP contribution >= 0.6 is 11.3 Å². The molecule has 0 aliphatic heterocycles. The molecule has 0 aliphatic rings. The van der Waals surface area contributed by atoms with Crippen molar-refractivity contribution in [3.8, 4) is 16.3 Å². The molecule has 0 aliphatic carbocycles. The summed E-state index contributed by atoms with van der Waals surface area (Å²) in [6.07, 6.45) is -0.620. The number of carbonyl (C=O) groups is 2. The highest BCUT2D eigenvalue weighted by Gasteiger charge is 2.24. The second kappa shape index (κ2) is 10.2. The highest BCUT2D eigenvalue weighted by molar-refractivity contribution is 7.21. The summed E-state index contributed by atoms with van der Waals surface area (Å²) in [4.78, 5) is 31.1. The van der Waals surface area contributed by atoms with Gasteiger partial charge in [-0.2, -0.15) is 0 Å². The summed E-state index contributed by atoms with van der Waals surface area (Å²) in [6.45, 7) is 1.80. The fourth-order valence-corrected chi connectivity index (χ4v) is 5.11. The standard InChI is InChI=1S/C29H24N2O4S/c1-3-24(27(32)30-19-11-8-12-20(17-19)34-2)35-29(33)22-14-7-10-18-9-6-13-21(26(18)22)28-31-23-15-4-5-16-25(23)36-28/h4-17,24H,3H2,1-2H3,(H,30,32). The summed E-state index contributed by atoms with van der Waals surface area (Å²) in [5, 5.41) is 5.29. The molecule has 1 atom stereocenters. The van der Waals surface area contributed by atoms with Crippen LogP contribution in [0.1, 0.15) is 23.7 Å². The molecule has 1 amide bonds. The van der Waals surface area contributed by atoms with E-state index in [-0.39, 0.29) is 0 Å². The van der Waals surface area contributed by atoms with Crippen molar-refractivity contribution in [3.05, 3.63) is 90.5 Å². The Bertz CT molecular complexity index is 1540. The third kappa shape index (κ3) is 4.65. The predicted molar refractivity (Wildman–Crippen MR) is 144 cm³/mol. The maximum atomic E-state index is 13.4. The minimum Gasteiger partial charge on any atom is -0.497 e. The van der Waals surface area contributed by atoms with Crippen LogP contribution in [0.3, 0.4) is 0 Å². The molecule has 0 spiro atoms. The molecule has 0 saturated heterocycles. The van der Waals surface area contributed by atoms with Crippen molar-refractivity contribution < 1.29 is 19.1 Å². The Morgan fingerprint density at radius 3 is 2.53 bits per heavy atom. The van der Waals surface area contributed by atoms with E-state index in [4.69, 9.17) is 14.5 Å². The SMILES string of the molecule is CCC(OC(=O)c1cccc2cccc(-c3nc4ccccc4s3)c12)C(=O)Nc1cccc(OC)c1. The van der Waals surface area contributed by atoms with Gasteiger partial charge in [0.1, 0.15) is 10.8 Å². The van der Waals surface area contributed by atoms with Crippen LogP contribution < -0.4 is 10.1 Å². The second-order valence-corrected chi connectivity index (χ2v) is 9.25. The molecule has 0 bridgehead atoms. The molecule has 0 saturated carbocycles. The van der Waals surface area contributed by atoms with Crippen LogP contribution in [-0.4, -0.2) is 30.1 Å². The van der Waals surface area contributed by atoms with E-state index in [1.54, 1.807) is 55.7 Å². The molecule has 0 fully saturated rings.